The van der Waals surface area contributed by atoms with Crippen LogP contribution in [0.1, 0.15) is 39.0 Å². The van der Waals surface area contributed by atoms with Gasteiger partial charge in [-0.1, -0.05) is 19.1 Å². The van der Waals surface area contributed by atoms with Crippen LogP contribution in [0, 0.1) is 11.8 Å². The lowest BCUT2D eigenvalue weighted by molar-refractivity contribution is -0.142. The van der Waals surface area contributed by atoms with Crippen LogP contribution in [0.5, 0.6) is 0 Å². The standard InChI is InChI=1S/C13H20O3.C2H4/c1-3-4-5-6-11-10(7-8-12(11)14)9-13(15)16-2;1-2/h4-5,10-11H,3,6-9H2,1-2H3;1-2H2/b5-4-;. The Morgan fingerprint density at radius 2 is 2.11 bits per heavy atom. The van der Waals surface area contributed by atoms with Crippen LogP contribution in [-0.4, -0.2) is 18.9 Å². The fourth-order valence-corrected chi connectivity index (χ4v) is 2.25. The van der Waals surface area contributed by atoms with Crippen molar-refractivity contribution in [3.05, 3.63) is 25.3 Å². The zero-order valence-electron chi connectivity index (χ0n) is 11.5. The van der Waals surface area contributed by atoms with Gasteiger partial charge in [0.05, 0.1) is 7.11 Å². The molecular formula is C15H24O3. The molecule has 0 bridgehead atoms. The summed E-state index contributed by atoms with van der Waals surface area (Å²) in [5, 5.41) is 0. The minimum Gasteiger partial charge on any atom is -0.469 e. The molecule has 0 aromatic rings. The summed E-state index contributed by atoms with van der Waals surface area (Å²) in [4.78, 5) is 22.9. The minimum atomic E-state index is -0.204. The second-order valence-electron chi connectivity index (χ2n) is 4.27. The Kier molecular flexibility index (Phi) is 8.89. The summed E-state index contributed by atoms with van der Waals surface area (Å²) in [6.07, 6.45) is 7.72. The van der Waals surface area contributed by atoms with E-state index in [-0.39, 0.29) is 17.8 Å². The molecule has 102 valence electrons. The highest BCUT2D eigenvalue weighted by Crippen LogP contribution is 2.34. The van der Waals surface area contributed by atoms with Gasteiger partial charge in [-0.3, -0.25) is 9.59 Å². The van der Waals surface area contributed by atoms with Gasteiger partial charge in [-0.25, -0.2) is 0 Å². The number of Topliss-reactive ketones (excluding diaryl/α,β-unsaturated/α-hetero) is 1. The first-order chi connectivity index (χ1) is 8.69. The van der Waals surface area contributed by atoms with E-state index < -0.39 is 0 Å². The quantitative estimate of drug-likeness (QED) is 0.557. The van der Waals surface area contributed by atoms with Crippen LogP contribution in [0.15, 0.2) is 25.3 Å². The van der Waals surface area contributed by atoms with Crippen LogP contribution in [0.3, 0.4) is 0 Å². The highest BCUT2D eigenvalue weighted by molar-refractivity contribution is 5.84. The Morgan fingerprint density at radius 3 is 2.67 bits per heavy atom. The number of allylic oxidation sites excluding steroid dienone is 2. The summed E-state index contributed by atoms with van der Waals surface area (Å²) in [6.45, 7) is 8.07. The minimum absolute atomic E-state index is 0.0295. The second kappa shape index (κ2) is 9.63. The number of methoxy groups -OCH3 is 1. The molecule has 3 heteroatoms. The van der Waals surface area contributed by atoms with Gasteiger partial charge in [0.15, 0.2) is 0 Å². The van der Waals surface area contributed by atoms with Gasteiger partial charge >= 0.3 is 5.97 Å². The van der Waals surface area contributed by atoms with Crippen molar-refractivity contribution in [1.82, 2.24) is 0 Å². The van der Waals surface area contributed by atoms with E-state index in [9.17, 15) is 9.59 Å². The van der Waals surface area contributed by atoms with Crippen molar-refractivity contribution in [2.24, 2.45) is 11.8 Å². The van der Waals surface area contributed by atoms with Gasteiger partial charge in [-0.15, -0.1) is 13.2 Å². The van der Waals surface area contributed by atoms with Gasteiger partial charge in [-0.2, -0.15) is 0 Å². The molecule has 0 heterocycles. The van der Waals surface area contributed by atoms with Crippen molar-refractivity contribution in [3.63, 3.8) is 0 Å². The van der Waals surface area contributed by atoms with Crippen molar-refractivity contribution < 1.29 is 14.3 Å². The number of hydrogen-bond acceptors (Lipinski definition) is 3. The summed E-state index contributed by atoms with van der Waals surface area (Å²) >= 11 is 0. The Bertz CT molecular complexity index is 294. The van der Waals surface area contributed by atoms with Gasteiger partial charge in [0, 0.05) is 18.8 Å². The van der Waals surface area contributed by atoms with Crippen LogP contribution >= 0.6 is 0 Å². The monoisotopic (exact) mass is 252 g/mol. The summed E-state index contributed by atoms with van der Waals surface area (Å²) in [6, 6.07) is 0. The molecule has 1 saturated carbocycles. The third kappa shape index (κ3) is 5.30. The van der Waals surface area contributed by atoms with E-state index >= 15 is 0 Å². The first kappa shape index (κ1) is 16.6. The van der Waals surface area contributed by atoms with Crippen LogP contribution < -0.4 is 0 Å². The number of ketones is 1. The maximum absolute atomic E-state index is 11.7. The summed E-state index contributed by atoms with van der Waals surface area (Å²) < 4.78 is 4.65. The molecule has 0 aromatic carbocycles. The van der Waals surface area contributed by atoms with E-state index in [2.05, 4.69) is 37.0 Å². The van der Waals surface area contributed by atoms with Crippen molar-refractivity contribution in [2.45, 2.75) is 39.0 Å². The number of carbonyl (C=O) groups excluding carboxylic acids is 2. The van der Waals surface area contributed by atoms with Crippen LogP contribution in [0.4, 0.5) is 0 Å². The molecule has 1 fully saturated rings. The molecule has 0 N–H and O–H groups in total. The molecule has 18 heavy (non-hydrogen) atoms. The van der Waals surface area contributed by atoms with Gasteiger partial charge in [0.25, 0.3) is 0 Å². The van der Waals surface area contributed by atoms with Crippen molar-refractivity contribution in [1.29, 1.82) is 0 Å². The molecule has 0 aliphatic heterocycles. The molecule has 1 aliphatic carbocycles. The predicted octanol–water partition coefficient (Wildman–Crippen LogP) is 3.30. The molecule has 0 radical (unpaired) electrons. The number of hydrogen-bond donors (Lipinski definition) is 0. The largest absolute Gasteiger partial charge is 0.469 e. The molecule has 0 aromatic heterocycles. The summed E-state index contributed by atoms with van der Waals surface area (Å²) in [5.74, 6) is 0.308. The average molecular weight is 252 g/mol. The molecule has 2 unspecified atom stereocenters. The predicted molar refractivity (Wildman–Crippen MR) is 73.2 cm³/mol. The van der Waals surface area contributed by atoms with Crippen molar-refractivity contribution >= 4 is 11.8 Å². The van der Waals surface area contributed by atoms with Crippen LogP contribution in [-0.2, 0) is 14.3 Å². The van der Waals surface area contributed by atoms with E-state index in [1.807, 2.05) is 0 Å². The highest BCUT2D eigenvalue weighted by Gasteiger charge is 2.34. The van der Waals surface area contributed by atoms with E-state index in [0.717, 1.165) is 19.3 Å². The van der Waals surface area contributed by atoms with Gasteiger partial charge in [0.2, 0.25) is 0 Å². The number of esters is 1. The Morgan fingerprint density at radius 1 is 1.44 bits per heavy atom. The zero-order valence-corrected chi connectivity index (χ0v) is 11.5. The average Bonchev–Trinajstić information content (AvgIpc) is 2.74. The maximum atomic E-state index is 11.7. The molecule has 1 rings (SSSR count). The molecule has 0 amide bonds. The maximum Gasteiger partial charge on any atom is 0.305 e. The topological polar surface area (TPSA) is 43.4 Å². The summed E-state index contributed by atoms with van der Waals surface area (Å²) in [5.41, 5.74) is 0. The molecule has 0 saturated heterocycles. The first-order valence-corrected chi connectivity index (χ1v) is 6.43. The van der Waals surface area contributed by atoms with E-state index in [1.165, 1.54) is 7.11 Å². The number of ether oxygens (including phenoxy) is 1. The van der Waals surface area contributed by atoms with E-state index in [0.29, 0.717) is 18.6 Å². The number of carbonyl (C=O) groups is 2. The third-order valence-corrected chi connectivity index (χ3v) is 3.19. The Balaban J connectivity index is 0.00000137. The van der Waals surface area contributed by atoms with E-state index in [1.54, 1.807) is 0 Å². The second-order valence-corrected chi connectivity index (χ2v) is 4.27. The van der Waals surface area contributed by atoms with Crippen LogP contribution in [0.2, 0.25) is 0 Å². The fourth-order valence-electron chi connectivity index (χ4n) is 2.25. The molecule has 0 spiro atoms. The molecule has 1 aliphatic rings. The lowest BCUT2D eigenvalue weighted by Gasteiger charge is -2.15. The summed E-state index contributed by atoms with van der Waals surface area (Å²) in [7, 11) is 1.39. The SMILES string of the molecule is C=C.CC/C=C\CC1C(=O)CCC1CC(=O)OC. The van der Waals surface area contributed by atoms with Crippen LogP contribution in [0.25, 0.3) is 0 Å². The van der Waals surface area contributed by atoms with Crippen molar-refractivity contribution in [3.8, 4) is 0 Å². The molecule has 3 nitrogen and oxygen atoms in total. The Hall–Kier alpha value is -1.38. The first-order valence-electron chi connectivity index (χ1n) is 6.43. The lowest BCUT2D eigenvalue weighted by atomic mass is 9.89. The zero-order chi connectivity index (χ0) is 14.0. The lowest BCUT2D eigenvalue weighted by Crippen LogP contribution is -2.18. The Labute approximate surface area is 110 Å². The molecular weight excluding hydrogens is 228 g/mol. The molecule has 2 atom stereocenters. The van der Waals surface area contributed by atoms with Gasteiger partial charge in [-0.05, 0) is 25.2 Å². The van der Waals surface area contributed by atoms with E-state index in [4.69, 9.17) is 0 Å². The highest BCUT2D eigenvalue weighted by atomic mass is 16.5. The van der Waals surface area contributed by atoms with Crippen molar-refractivity contribution in [2.75, 3.05) is 7.11 Å². The normalized spacial score (nSPS) is 22.7. The third-order valence-electron chi connectivity index (χ3n) is 3.19. The number of rotatable bonds is 5. The fraction of sp³-hybridized carbons (Fsp3) is 0.600. The van der Waals surface area contributed by atoms with Gasteiger partial charge < -0.3 is 4.74 Å². The van der Waals surface area contributed by atoms with Gasteiger partial charge in [0.1, 0.15) is 5.78 Å². The smallest absolute Gasteiger partial charge is 0.305 e.